The fraction of sp³-hybridized carbons (Fsp3) is 0. The Hall–Kier alpha value is -4.24. The first-order valence-corrected chi connectivity index (χ1v) is 9.77. The Bertz CT molecular complexity index is 1110. The van der Waals surface area contributed by atoms with Gasteiger partial charge in [-0.15, -0.1) is 11.3 Å². The molecule has 0 aliphatic carbocycles. The summed E-state index contributed by atoms with van der Waals surface area (Å²) in [6.45, 7) is 0. The quantitative estimate of drug-likeness (QED) is 0.253. The minimum atomic E-state index is -1.24. The number of hydrogen-bond acceptors (Lipinski definition) is 5. The van der Waals surface area contributed by atoms with Gasteiger partial charge in [-0.25, -0.2) is 9.59 Å². The van der Waals surface area contributed by atoms with Crippen molar-refractivity contribution >= 4 is 52.5 Å². The van der Waals surface area contributed by atoms with Gasteiger partial charge in [-0.05, 0) is 41.8 Å². The molecule has 0 radical (unpaired) electrons. The minimum Gasteiger partial charge on any atom is -0.478 e. The van der Waals surface area contributed by atoms with Gasteiger partial charge in [-0.3, -0.25) is 9.59 Å². The molecular weight excluding hydrogens is 420 g/mol. The Morgan fingerprint density at radius 1 is 0.710 bits per heavy atom. The van der Waals surface area contributed by atoms with Gasteiger partial charge in [0.2, 0.25) is 0 Å². The Balaban J connectivity index is 1.94. The summed E-state index contributed by atoms with van der Waals surface area (Å²) in [6.07, 6.45) is 1.35. The summed E-state index contributed by atoms with van der Waals surface area (Å²) in [5.41, 5.74) is -0.541. The SMILES string of the molecule is O=C(Nc1ccccc1C(=O)O)C(=Cc1cccs1)C(=O)Nc1ccccc1C(=O)O. The van der Waals surface area contributed by atoms with Gasteiger partial charge in [-0.1, -0.05) is 30.3 Å². The summed E-state index contributed by atoms with van der Waals surface area (Å²) in [6, 6.07) is 15.0. The largest absolute Gasteiger partial charge is 0.478 e. The Morgan fingerprint density at radius 2 is 1.19 bits per heavy atom. The van der Waals surface area contributed by atoms with Crippen molar-refractivity contribution in [3.63, 3.8) is 0 Å². The van der Waals surface area contributed by atoms with Gasteiger partial charge in [0.1, 0.15) is 5.57 Å². The lowest BCUT2D eigenvalue weighted by molar-refractivity contribution is -0.118. The second-order valence-corrected chi connectivity index (χ2v) is 7.16. The van der Waals surface area contributed by atoms with E-state index >= 15 is 0 Å². The highest BCUT2D eigenvalue weighted by Gasteiger charge is 2.22. The Kier molecular flexibility index (Phi) is 6.58. The average Bonchev–Trinajstić information content (AvgIpc) is 3.25. The summed E-state index contributed by atoms with van der Waals surface area (Å²) in [5, 5.41) is 25.3. The molecule has 3 aromatic rings. The van der Waals surface area contributed by atoms with Gasteiger partial charge in [0.05, 0.1) is 22.5 Å². The number of amides is 2. The van der Waals surface area contributed by atoms with E-state index in [1.807, 2.05) is 0 Å². The van der Waals surface area contributed by atoms with E-state index in [2.05, 4.69) is 10.6 Å². The van der Waals surface area contributed by atoms with Crippen molar-refractivity contribution in [2.45, 2.75) is 0 Å². The highest BCUT2D eigenvalue weighted by atomic mass is 32.1. The molecule has 0 saturated carbocycles. The van der Waals surface area contributed by atoms with Crippen molar-refractivity contribution in [1.82, 2.24) is 0 Å². The van der Waals surface area contributed by atoms with Gasteiger partial charge in [-0.2, -0.15) is 0 Å². The van der Waals surface area contributed by atoms with Crippen molar-refractivity contribution in [3.8, 4) is 0 Å². The van der Waals surface area contributed by atoms with Gasteiger partial charge in [0.25, 0.3) is 11.8 Å². The number of benzene rings is 2. The first kappa shape index (κ1) is 21.5. The molecule has 1 heterocycles. The van der Waals surface area contributed by atoms with E-state index in [-0.39, 0.29) is 28.1 Å². The van der Waals surface area contributed by atoms with Crippen LogP contribution in [-0.4, -0.2) is 34.0 Å². The van der Waals surface area contributed by atoms with Crippen molar-refractivity contribution in [3.05, 3.63) is 87.6 Å². The Labute approximate surface area is 180 Å². The molecule has 0 atom stereocenters. The number of nitrogens with one attached hydrogen (secondary N) is 2. The van der Waals surface area contributed by atoms with Crippen LogP contribution >= 0.6 is 11.3 Å². The van der Waals surface area contributed by atoms with Crippen molar-refractivity contribution in [2.24, 2.45) is 0 Å². The molecule has 3 rings (SSSR count). The molecule has 0 saturated heterocycles. The van der Waals surface area contributed by atoms with E-state index < -0.39 is 23.8 Å². The van der Waals surface area contributed by atoms with E-state index in [4.69, 9.17) is 0 Å². The second-order valence-electron chi connectivity index (χ2n) is 6.18. The molecule has 2 amide bonds. The summed E-state index contributed by atoms with van der Waals surface area (Å²) in [4.78, 5) is 49.3. The first-order valence-electron chi connectivity index (χ1n) is 8.89. The normalized spacial score (nSPS) is 10.1. The lowest BCUT2D eigenvalue weighted by Crippen LogP contribution is -2.26. The van der Waals surface area contributed by atoms with Crippen LogP contribution in [0.3, 0.4) is 0 Å². The zero-order valence-electron chi connectivity index (χ0n) is 15.9. The standard InChI is InChI=1S/C22H16N2O6S/c25-19(23-17-9-3-1-7-14(17)21(27)28)16(12-13-6-5-11-31-13)20(26)24-18-10-4-2-8-15(18)22(29)30/h1-12H,(H,23,25)(H,24,26)(H,27,28)(H,29,30). The van der Waals surface area contributed by atoms with Crippen LogP contribution in [0.15, 0.2) is 71.6 Å². The maximum absolute atomic E-state index is 12.9. The van der Waals surface area contributed by atoms with Crippen molar-refractivity contribution < 1.29 is 29.4 Å². The van der Waals surface area contributed by atoms with Crippen LogP contribution < -0.4 is 10.6 Å². The van der Waals surface area contributed by atoms with Crippen LogP contribution in [0.1, 0.15) is 25.6 Å². The maximum atomic E-state index is 12.9. The number of carboxylic acid groups (broad SMARTS) is 2. The smallest absolute Gasteiger partial charge is 0.337 e. The number of aromatic carboxylic acids is 2. The van der Waals surface area contributed by atoms with E-state index in [1.54, 1.807) is 29.6 Å². The van der Waals surface area contributed by atoms with Crippen LogP contribution in [0.25, 0.3) is 6.08 Å². The van der Waals surface area contributed by atoms with Gasteiger partial charge in [0, 0.05) is 4.88 Å². The van der Waals surface area contributed by atoms with E-state index in [1.165, 1.54) is 53.8 Å². The molecule has 9 heteroatoms. The molecule has 0 aliphatic heterocycles. The van der Waals surface area contributed by atoms with E-state index in [0.29, 0.717) is 4.88 Å². The number of thiophene rings is 1. The fourth-order valence-electron chi connectivity index (χ4n) is 2.69. The zero-order valence-corrected chi connectivity index (χ0v) is 16.7. The lowest BCUT2D eigenvalue weighted by atomic mass is 10.1. The molecule has 156 valence electrons. The molecule has 31 heavy (non-hydrogen) atoms. The van der Waals surface area contributed by atoms with Gasteiger partial charge < -0.3 is 20.8 Å². The first-order chi connectivity index (χ1) is 14.9. The monoisotopic (exact) mass is 436 g/mol. The highest BCUT2D eigenvalue weighted by Crippen LogP contribution is 2.21. The predicted octanol–water partition coefficient (Wildman–Crippen LogP) is 3.81. The van der Waals surface area contributed by atoms with Crippen LogP contribution in [-0.2, 0) is 9.59 Å². The number of carbonyl (C=O) groups excluding carboxylic acids is 2. The third kappa shape index (κ3) is 5.22. The van der Waals surface area contributed by atoms with Crippen LogP contribution in [0, 0.1) is 0 Å². The van der Waals surface area contributed by atoms with E-state index in [9.17, 15) is 29.4 Å². The number of rotatable bonds is 7. The molecule has 4 N–H and O–H groups in total. The number of hydrogen-bond donors (Lipinski definition) is 4. The third-order valence-electron chi connectivity index (χ3n) is 4.13. The highest BCUT2D eigenvalue weighted by molar-refractivity contribution is 7.10. The van der Waals surface area contributed by atoms with E-state index in [0.717, 1.165) is 0 Å². The molecule has 2 aromatic carbocycles. The molecule has 0 unspecified atom stereocenters. The lowest BCUT2D eigenvalue weighted by Gasteiger charge is -2.12. The number of carboxylic acids is 2. The molecule has 0 aliphatic rings. The third-order valence-corrected chi connectivity index (χ3v) is 4.95. The molecule has 0 bridgehead atoms. The molecule has 8 nitrogen and oxygen atoms in total. The minimum absolute atomic E-state index is 0.0239. The average molecular weight is 436 g/mol. The number of anilines is 2. The van der Waals surface area contributed by atoms with Gasteiger partial charge >= 0.3 is 11.9 Å². The number of carbonyl (C=O) groups is 4. The molecule has 0 fully saturated rings. The zero-order chi connectivity index (χ0) is 22.4. The van der Waals surface area contributed by atoms with Crippen LogP contribution in [0.4, 0.5) is 11.4 Å². The maximum Gasteiger partial charge on any atom is 0.337 e. The summed E-state index contributed by atoms with van der Waals surface area (Å²) in [7, 11) is 0. The molecular formula is C22H16N2O6S. The number of para-hydroxylation sites is 2. The topological polar surface area (TPSA) is 133 Å². The summed E-state index contributed by atoms with van der Waals surface area (Å²) in [5.74, 6) is -4.15. The van der Waals surface area contributed by atoms with Gasteiger partial charge in [0.15, 0.2) is 0 Å². The Morgan fingerprint density at radius 3 is 1.61 bits per heavy atom. The second kappa shape index (κ2) is 9.51. The summed E-state index contributed by atoms with van der Waals surface area (Å²) >= 11 is 1.29. The molecule has 1 aromatic heterocycles. The fourth-order valence-corrected chi connectivity index (χ4v) is 3.34. The van der Waals surface area contributed by atoms with Crippen LogP contribution in [0.5, 0.6) is 0 Å². The van der Waals surface area contributed by atoms with Crippen molar-refractivity contribution in [1.29, 1.82) is 0 Å². The molecule has 0 spiro atoms. The van der Waals surface area contributed by atoms with Crippen LogP contribution in [0.2, 0.25) is 0 Å². The summed E-state index contributed by atoms with van der Waals surface area (Å²) < 4.78 is 0. The predicted molar refractivity (Wildman–Crippen MR) is 116 cm³/mol. The van der Waals surface area contributed by atoms with Crippen molar-refractivity contribution in [2.75, 3.05) is 10.6 Å².